The van der Waals surface area contributed by atoms with Crippen LogP contribution in [0.5, 0.6) is 0 Å². The Bertz CT molecular complexity index is 743. The van der Waals surface area contributed by atoms with Crippen LogP contribution < -0.4 is 0 Å². The van der Waals surface area contributed by atoms with E-state index in [2.05, 4.69) is 0 Å². The fourth-order valence-corrected chi connectivity index (χ4v) is 4.45. The van der Waals surface area contributed by atoms with Crippen LogP contribution in [0.25, 0.3) is 0 Å². The molecular weight excluding hydrogens is 492 g/mol. The number of rotatable bonds is 6. The third-order valence-corrected chi connectivity index (χ3v) is 6.54. The van der Waals surface area contributed by atoms with E-state index < -0.39 is 110 Å². The van der Waals surface area contributed by atoms with Gasteiger partial charge in [0.2, 0.25) is 0 Å². The summed E-state index contributed by atoms with van der Waals surface area (Å²) in [5.74, 6) is -1.53. The number of hydrogen-bond donors (Lipinski definition) is 9. The maximum absolute atomic E-state index is 11.9. The lowest BCUT2D eigenvalue weighted by atomic mass is 9.79. The van der Waals surface area contributed by atoms with Crippen molar-refractivity contribution in [1.29, 1.82) is 0 Å². The highest BCUT2D eigenvalue weighted by Crippen LogP contribution is 2.39. The second-order valence-corrected chi connectivity index (χ2v) is 10.3. The lowest BCUT2D eigenvalue weighted by Crippen LogP contribution is -2.68. The average Bonchev–Trinajstić information content (AvgIpc) is 2.80. The van der Waals surface area contributed by atoms with E-state index in [9.17, 15) is 50.8 Å². The predicted molar refractivity (Wildman–Crippen MR) is 113 cm³/mol. The maximum Gasteiger partial charge on any atom is 0.335 e. The molecule has 0 radical (unpaired) electrons. The first-order valence-corrected chi connectivity index (χ1v) is 11.5. The van der Waals surface area contributed by atoms with Crippen molar-refractivity contribution in [3.8, 4) is 0 Å². The topological polar surface area (TPSA) is 245 Å². The summed E-state index contributed by atoms with van der Waals surface area (Å²) in [5.41, 5.74) is -0.879. The minimum Gasteiger partial charge on any atom is -0.479 e. The van der Waals surface area contributed by atoms with Crippen LogP contribution in [0.2, 0.25) is 0 Å². The molecule has 15 heteroatoms. The summed E-state index contributed by atoms with van der Waals surface area (Å²) in [5, 5.41) is 90.7. The highest BCUT2D eigenvalue weighted by Gasteiger charge is 2.56. The molecule has 14 atom stereocenters. The maximum atomic E-state index is 11.9. The average molecular weight is 529 g/mol. The first-order chi connectivity index (χ1) is 16.7. The smallest absolute Gasteiger partial charge is 0.335 e. The molecule has 3 aliphatic heterocycles. The van der Waals surface area contributed by atoms with Crippen molar-refractivity contribution in [3.05, 3.63) is 0 Å². The number of aliphatic hydroxyl groups excluding tert-OH is 8. The van der Waals surface area contributed by atoms with Gasteiger partial charge in [-0.3, -0.25) is 0 Å². The van der Waals surface area contributed by atoms with Gasteiger partial charge in [-0.2, -0.15) is 0 Å². The first-order valence-electron chi connectivity index (χ1n) is 11.5. The summed E-state index contributed by atoms with van der Waals surface area (Å²) in [6.07, 6.45) is -22.7. The van der Waals surface area contributed by atoms with Crippen molar-refractivity contribution < 1.29 is 74.4 Å². The minimum absolute atomic E-state index is 0.439. The van der Waals surface area contributed by atoms with Gasteiger partial charge in [0.1, 0.15) is 61.0 Å². The summed E-state index contributed by atoms with van der Waals surface area (Å²) >= 11 is 0. The Morgan fingerprint density at radius 1 is 0.806 bits per heavy atom. The van der Waals surface area contributed by atoms with Gasteiger partial charge in [-0.25, -0.2) is 4.79 Å². The Morgan fingerprint density at radius 3 is 1.94 bits per heavy atom. The Balaban J connectivity index is 1.96. The van der Waals surface area contributed by atoms with E-state index in [-0.39, 0.29) is 0 Å². The second-order valence-electron chi connectivity index (χ2n) is 10.3. The van der Waals surface area contributed by atoms with Crippen LogP contribution in [0.1, 0.15) is 20.8 Å². The fourth-order valence-electron chi connectivity index (χ4n) is 4.45. The zero-order valence-corrected chi connectivity index (χ0v) is 20.0. The van der Waals surface area contributed by atoms with Crippen molar-refractivity contribution in [3.63, 3.8) is 0 Å². The van der Waals surface area contributed by atoms with Crippen molar-refractivity contribution in [2.24, 2.45) is 5.41 Å². The molecule has 0 spiro atoms. The molecular formula is C21H36O15. The van der Waals surface area contributed by atoms with Gasteiger partial charge in [-0.05, 0) is 5.41 Å². The lowest BCUT2D eigenvalue weighted by Gasteiger charge is -2.51. The molecule has 210 valence electrons. The van der Waals surface area contributed by atoms with E-state index in [1.165, 1.54) is 0 Å². The van der Waals surface area contributed by atoms with E-state index >= 15 is 0 Å². The molecule has 9 N–H and O–H groups in total. The summed E-state index contributed by atoms with van der Waals surface area (Å²) in [6.45, 7) is 3.83. The van der Waals surface area contributed by atoms with Crippen LogP contribution >= 0.6 is 0 Å². The quantitative estimate of drug-likeness (QED) is 0.157. The molecule has 0 aromatic heterocycles. The molecule has 0 bridgehead atoms. The number of carboxylic acids is 1. The molecule has 0 aromatic carbocycles. The third-order valence-electron chi connectivity index (χ3n) is 6.54. The SMILES string of the molecule is CC(C)(C)[C@@H]1OC(C(=O)O)[C@@H](O)C(O[C@@H]2OC[C@@H](O)C(O)C2O)C1O[C@@H]1OC(CO)[C@H](O)C(O)C1O. The van der Waals surface area contributed by atoms with E-state index in [0.717, 1.165) is 0 Å². The van der Waals surface area contributed by atoms with Gasteiger partial charge in [0, 0.05) is 0 Å². The van der Waals surface area contributed by atoms with Crippen molar-refractivity contribution in [2.45, 2.75) is 107 Å². The van der Waals surface area contributed by atoms with Crippen LogP contribution in [-0.2, 0) is 28.5 Å². The lowest BCUT2D eigenvalue weighted by molar-refractivity contribution is -0.367. The molecule has 0 saturated carbocycles. The largest absolute Gasteiger partial charge is 0.479 e. The number of aliphatic hydroxyl groups is 8. The van der Waals surface area contributed by atoms with Gasteiger partial charge >= 0.3 is 5.97 Å². The van der Waals surface area contributed by atoms with Crippen LogP contribution in [0.3, 0.4) is 0 Å². The zero-order valence-electron chi connectivity index (χ0n) is 20.0. The molecule has 3 rings (SSSR count). The Morgan fingerprint density at radius 2 is 1.39 bits per heavy atom. The third kappa shape index (κ3) is 5.83. The van der Waals surface area contributed by atoms with E-state index in [1.54, 1.807) is 20.8 Å². The monoisotopic (exact) mass is 528 g/mol. The highest BCUT2D eigenvalue weighted by molar-refractivity contribution is 5.73. The molecule has 0 aliphatic carbocycles. The standard InChI is InChI=1S/C21H36O15/c1-21(2,3)17-16(36-20-12(28)10(26)9(25)7(4-22)33-20)14(13(29)15(34-17)18(30)31)35-19-11(27)8(24)6(23)5-32-19/h6-17,19-20,22-29H,4-5H2,1-3H3,(H,30,31)/t6-,7?,8?,9+,10?,11?,12?,13+,14?,15?,16?,17-,19+,20+/m1/s1. The molecule has 3 saturated heterocycles. The highest BCUT2D eigenvalue weighted by atomic mass is 16.7. The summed E-state index contributed by atoms with van der Waals surface area (Å²) in [6, 6.07) is 0. The summed E-state index contributed by atoms with van der Waals surface area (Å²) in [4.78, 5) is 11.9. The zero-order chi connectivity index (χ0) is 27.1. The Hall–Kier alpha value is -1.05. The second kappa shape index (κ2) is 11.4. The molecule has 3 heterocycles. The Labute approximate surface area is 206 Å². The molecule has 3 fully saturated rings. The fraction of sp³-hybridized carbons (Fsp3) is 0.952. The van der Waals surface area contributed by atoms with Gasteiger partial charge in [0.25, 0.3) is 0 Å². The van der Waals surface area contributed by atoms with Crippen LogP contribution in [-0.4, -0.2) is 151 Å². The van der Waals surface area contributed by atoms with Crippen LogP contribution in [0, 0.1) is 5.41 Å². The minimum atomic E-state index is -1.92. The normalized spacial score (nSPS) is 48.5. The van der Waals surface area contributed by atoms with Gasteiger partial charge in [0.05, 0.1) is 19.3 Å². The van der Waals surface area contributed by atoms with E-state index in [0.29, 0.717) is 0 Å². The van der Waals surface area contributed by atoms with Gasteiger partial charge in [0.15, 0.2) is 18.7 Å². The van der Waals surface area contributed by atoms with Gasteiger partial charge in [-0.15, -0.1) is 0 Å². The van der Waals surface area contributed by atoms with Crippen molar-refractivity contribution in [1.82, 2.24) is 0 Å². The molecule has 8 unspecified atom stereocenters. The Kier molecular flexibility index (Phi) is 9.31. The first kappa shape index (κ1) is 29.5. The van der Waals surface area contributed by atoms with Crippen LogP contribution in [0.15, 0.2) is 0 Å². The van der Waals surface area contributed by atoms with Gasteiger partial charge in [-0.1, -0.05) is 20.8 Å². The number of aliphatic carboxylic acids is 1. The molecule has 15 nitrogen and oxygen atoms in total. The number of ether oxygens (including phenoxy) is 5. The molecule has 3 aliphatic rings. The number of carboxylic acid groups (broad SMARTS) is 1. The predicted octanol–water partition coefficient (Wildman–Crippen LogP) is -4.75. The summed E-state index contributed by atoms with van der Waals surface area (Å²) < 4.78 is 27.9. The van der Waals surface area contributed by atoms with Crippen LogP contribution in [0.4, 0.5) is 0 Å². The molecule has 0 amide bonds. The van der Waals surface area contributed by atoms with Gasteiger partial charge < -0.3 is 69.6 Å². The van der Waals surface area contributed by atoms with E-state index in [4.69, 9.17) is 23.7 Å². The van der Waals surface area contributed by atoms with Crippen molar-refractivity contribution >= 4 is 5.97 Å². The molecule has 0 aromatic rings. The van der Waals surface area contributed by atoms with Crippen molar-refractivity contribution in [2.75, 3.05) is 13.2 Å². The summed E-state index contributed by atoms with van der Waals surface area (Å²) in [7, 11) is 0. The number of hydrogen-bond acceptors (Lipinski definition) is 14. The molecule has 36 heavy (non-hydrogen) atoms. The number of carbonyl (C=O) groups is 1. The van der Waals surface area contributed by atoms with E-state index in [1.807, 2.05) is 0 Å².